The van der Waals surface area contributed by atoms with Crippen molar-refractivity contribution in [2.75, 3.05) is 0 Å². The molecule has 1 aromatic carbocycles. The number of thiophene rings is 1. The number of fused-ring (bicyclic) bond motifs is 1. The Balaban J connectivity index is 1.67. The third kappa shape index (κ3) is 2.94. The van der Waals surface area contributed by atoms with Crippen molar-refractivity contribution in [3.63, 3.8) is 0 Å². The molecule has 0 amide bonds. The Labute approximate surface area is 147 Å². The lowest BCUT2D eigenvalue weighted by molar-refractivity contribution is 0.411. The summed E-state index contributed by atoms with van der Waals surface area (Å²) in [5.41, 5.74) is 2.00. The van der Waals surface area contributed by atoms with Crippen LogP contribution in [0.5, 0.6) is 0 Å². The quantitative estimate of drug-likeness (QED) is 0.541. The lowest BCUT2D eigenvalue weighted by atomic mass is 10.2. The Morgan fingerprint density at radius 3 is 2.88 bits per heavy atom. The molecule has 126 valence electrons. The summed E-state index contributed by atoms with van der Waals surface area (Å²) in [6, 6.07) is 9.47. The van der Waals surface area contributed by atoms with E-state index >= 15 is 0 Å². The lowest BCUT2D eigenvalue weighted by Crippen LogP contribution is -2.15. The number of hydrogen-bond donors (Lipinski definition) is 0. The summed E-state index contributed by atoms with van der Waals surface area (Å²) in [6.07, 6.45) is 3.70. The zero-order valence-electron chi connectivity index (χ0n) is 13.7. The molecular formula is C18H15N3O3S. The molecule has 0 aliphatic heterocycles. The number of nitrogens with zero attached hydrogens (tertiary/aromatic N) is 3. The monoisotopic (exact) mass is 353 g/mol. The van der Waals surface area contributed by atoms with E-state index in [1.807, 2.05) is 49.6 Å². The highest BCUT2D eigenvalue weighted by atomic mass is 32.1. The van der Waals surface area contributed by atoms with Crippen LogP contribution in [0.15, 0.2) is 49.4 Å². The fourth-order valence-electron chi connectivity index (χ4n) is 2.62. The highest BCUT2D eigenvalue weighted by molar-refractivity contribution is 7.10. The van der Waals surface area contributed by atoms with Crippen molar-refractivity contribution in [2.24, 2.45) is 0 Å². The molecule has 0 aliphatic rings. The fourth-order valence-corrected chi connectivity index (χ4v) is 3.24. The first-order chi connectivity index (χ1) is 12.1. The molecule has 6 nitrogen and oxygen atoms in total. The van der Waals surface area contributed by atoms with Gasteiger partial charge in [-0.25, -0.2) is 4.79 Å². The highest BCUT2D eigenvalue weighted by Gasteiger charge is 2.14. The first-order valence-electron chi connectivity index (χ1n) is 7.82. The van der Waals surface area contributed by atoms with Gasteiger partial charge in [0.05, 0.1) is 5.52 Å². The summed E-state index contributed by atoms with van der Waals surface area (Å²) in [4.78, 5) is 17.4. The Morgan fingerprint density at radius 2 is 2.12 bits per heavy atom. The second-order valence-electron chi connectivity index (χ2n) is 5.82. The summed E-state index contributed by atoms with van der Waals surface area (Å²) in [7, 11) is 0. The molecule has 7 heteroatoms. The zero-order chi connectivity index (χ0) is 17.4. The third-order valence-corrected chi connectivity index (χ3v) is 4.60. The van der Waals surface area contributed by atoms with E-state index in [-0.39, 0.29) is 11.8 Å². The van der Waals surface area contributed by atoms with E-state index in [1.54, 1.807) is 28.0 Å². The van der Waals surface area contributed by atoms with Gasteiger partial charge in [-0.2, -0.15) is 4.98 Å². The van der Waals surface area contributed by atoms with Crippen LogP contribution in [0.4, 0.5) is 0 Å². The standard InChI is InChI=1S/C18H15N3O3S/c1-11(2)21-14-7-5-12(10-15(14)23-18(21)22)17-19-16(24-20-17)8-6-13-4-3-9-25-13/h3-11H,1-2H3. The Kier molecular flexibility index (Phi) is 3.85. The summed E-state index contributed by atoms with van der Waals surface area (Å²) in [6.45, 7) is 3.88. The van der Waals surface area contributed by atoms with E-state index in [1.165, 1.54) is 0 Å². The SMILES string of the molecule is CC(C)n1c(=O)oc2cc(-c3noc(C=Cc4cccs4)n3)ccc21. The smallest absolute Gasteiger partial charge is 0.408 e. The van der Waals surface area contributed by atoms with Crippen LogP contribution < -0.4 is 5.76 Å². The van der Waals surface area contributed by atoms with Crippen LogP contribution in [0.1, 0.15) is 30.7 Å². The number of rotatable bonds is 4. The maximum Gasteiger partial charge on any atom is 0.420 e. The van der Waals surface area contributed by atoms with Gasteiger partial charge in [-0.1, -0.05) is 11.2 Å². The van der Waals surface area contributed by atoms with Crippen LogP contribution in [0.3, 0.4) is 0 Å². The summed E-state index contributed by atoms with van der Waals surface area (Å²) in [5.74, 6) is 0.507. The van der Waals surface area contributed by atoms with Gasteiger partial charge < -0.3 is 8.94 Å². The Morgan fingerprint density at radius 1 is 1.24 bits per heavy atom. The number of benzene rings is 1. The number of hydrogen-bond acceptors (Lipinski definition) is 6. The van der Waals surface area contributed by atoms with Crippen molar-refractivity contribution in [3.05, 3.63) is 57.0 Å². The Bertz CT molecular complexity index is 1100. The van der Waals surface area contributed by atoms with Crippen LogP contribution in [0.2, 0.25) is 0 Å². The average molecular weight is 353 g/mol. The zero-order valence-corrected chi connectivity index (χ0v) is 14.5. The van der Waals surface area contributed by atoms with E-state index < -0.39 is 0 Å². The van der Waals surface area contributed by atoms with Gasteiger partial charge in [-0.3, -0.25) is 4.57 Å². The summed E-state index contributed by atoms with van der Waals surface area (Å²) >= 11 is 1.63. The molecule has 0 spiro atoms. The molecule has 25 heavy (non-hydrogen) atoms. The summed E-state index contributed by atoms with van der Waals surface area (Å²) < 4.78 is 12.2. The average Bonchev–Trinajstić information content (AvgIpc) is 3.31. The predicted octanol–water partition coefficient (Wildman–Crippen LogP) is 4.46. The maximum atomic E-state index is 12.0. The minimum Gasteiger partial charge on any atom is -0.408 e. The van der Waals surface area contributed by atoms with E-state index in [9.17, 15) is 4.79 Å². The van der Waals surface area contributed by atoms with Gasteiger partial charge in [0, 0.05) is 22.6 Å². The molecule has 0 unspecified atom stereocenters. The molecule has 4 aromatic rings. The minimum atomic E-state index is -0.366. The van der Waals surface area contributed by atoms with Crippen molar-refractivity contribution in [1.82, 2.24) is 14.7 Å². The van der Waals surface area contributed by atoms with Crippen molar-refractivity contribution in [1.29, 1.82) is 0 Å². The molecule has 0 bridgehead atoms. The van der Waals surface area contributed by atoms with Crippen LogP contribution in [0.25, 0.3) is 34.6 Å². The molecule has 0 saturated carbocycles. The van der Waals surface area contributed by atoms with Crippen molar-refractivity contribution >= 4 is 34.6 Å². The third-order valence-electron chi connectivity index (χ3n) is 3.76. The van der Waals surface area contributed by atoms with Crippen LogP contribution in [-0.4, -0.2) is 14.7 Å². The largest absolute Gasteiger partial charge is 0.420 e. The van der Waals surface area contributed by atoms with E-state index in [0.29, 0.717) is 17.3 Å². The normalized spacial score (nSPS) is 12.0. The highest BCUT2D eigenvalue weighted by Crippen LogP contribution is 2.24. The van der Waals surface area contributed by atoms with Crippen molar-refractivity contribution < 1.29 is 8.94 Å². The molecule has 3 heterocycles. The van der Waals surface area contributed by atoms with Gasteiger partial charge in [0.1, 0.15) is 0 Å². The molecule has 0 radical (unpaired) electrons. The minimum absolute atomic E-state index is 0.0266. The van der Waals surface area contributed by atoms with E-state index in [2.05, 4.69) is 10.1 Å². The molecule has 0 aliphatic carbocycles. The van der Waals surface area contributed by atoms with Gasteiger partial charge in [0.15, 0.2) is 5.58 Å². The number of aromatic nitrogens is 3. The second kappa shape index (κ2) is 6.18. The second-order valence-corrected chi connectivity index (χ2v) is 6.80. The summed E-state index contributed by atoms with van der Waals surface area (Å²) in [5, 5.41) is 6.00. The Hall–Kier alpha value is -2.93. The van der Waals surface area contributed by atoms with Gasteiger partial charge in [0.2, 0.25) is 5.82 Å². The van der Waals surface area contributed by atoms with Gasteiger partial charge in [0.25, 0.3) is 5.89 Å². The van der Waals surface area contributed by atoms with Crippen molar-refractivity contribution in [2.45, 2.75) is 19.9 Å². The van der Waals surface area contributed by atoms with Crippen LogP contribution in [0, 0.1) is 0 Å². The first-order valence-corrected chi connectivity index (χ1v) is 8.70. The van der Waals surface area contributed by atoms with Crippen LogP contribution in [-0.2, 0) is 0 Å². The van der Waals surface area contributed by atoms with Gasteiger partial charge in [-0.05, 0) is 49.6 Å². The predicted molar refractivity (Wildman–Crippen MR) is 97.4 cm³/mol. The number of oxazole rings is 1. The topological polar surface area (TPSA) is 74.1 Å². The molecule has 3 aromatic heterocycles. The fraction of sp³-hybridized carbons (Fsp3) is 0.167. The van der Waals surface area contributed by atoms with Gasteiger partial charge in [-0.15, -0.1) is 11.3 Å². The van der Waals surface area contributed by atoms with Crippen LogP contribution >= 0.6 is 11.3 Å². The molecule has 4 rings (SSSR count). The van der Waals surface area contributed by atoms with E-state index in [0.717, 1.165) is 16.0 Å². The molecule has 0 fully saturated rings. The molecular weight excluding hydrogens is 338 g/mol. The molecule has 0 N–H and O–H groups in total. The molecule has 0 atom stereocenters. The van der Waals surface area contributed by atoms with Gasteiger partial charge >= 0.3 is 5.76 Å². The maximum absolute atomic E-state index is 12.0. The van der Waals surface area contributed by atoms with Crippen molar-refractivity contribution in [3.8, 4) is 11.4 Å². The lowest BCUT2D eigenvalue weighted by Gasteiger charge is -2.04. The van der Waals surface area contributed by atoms with E-state index in [4.69, 9.17) is 8.94 Å². The first kappa shape index (κ1) is 15.6. The molecule has 0 saturated heterocycles.